The molecule has 0 N–H and O–H groups in total. The van der Waals surface area contributed by atoms with Crippen molar-refractivity contribution in [3.8, 4) is 0 Å². The molecule has 0 aromatic carbocycles. The molecule has 0 spiro atoms. The van der Waals surface area contributed by atoms with E-state index in [4.69, 9.17) is 0 Å². The fourth-order valence-electron chi connectivity index (χ4n) is 3.27. The highest BCUT2D eigenvalue weighted by Crippen LogP contribution is 2.41. The summed E-state index contributed by atoms with van der Waals surface area (Å²) in [5, 5.41) is 0. The maximum atomic E-state index is 12.1. The largest absolute Gasteiger partial charge is 0.469 e. The van der Waals surface area contributed by atoms with Gasteiger partial charge in [-0.25, -0.2) is 0 Å². The van der Waals surface area contributed by atoms with E-state index in [0.717, 1.165) is 25.2 Å². The summed E-state index contributed by atoms with van der Waals surface area (Å²) in [4.78, 5) is 23.2. The zero-order chi connectivity index (χ0) is 11.5. The first-order chi connectivity index (χ1) is 7.70. The van der Waals surface area contributed by atoms with Gasteiger partial charge in [0.2, 0.25) is 0 Å². The first kappa shape index (κ1) is 11.6. The minimum Gasteiger partial charge on any atom is -0.469 e. The number of fused-ring (bicyclic) bond motifs is 2. The maximum absolute atomic E-state index is 12.1. The van der Waals surface area contributed by atoms with Crippen molar-refractivity contribution >= 4 is 11.8 Å². The number of hydrogen-bond acceptors (Lipinski definition) is 3. The molecule has 2 bridgehead atoms. The van der Waals surface area contributed by atoms with Crippen LogP contribution in [-0.4, -0.2) is 18.9 Å². The van der Waals surface area contributed by atoms with E-state index in [-0.39, 0.29) is 11.9 Å². The monoisotopic (exact) mass is 224 g/mol. The average Bonchev–Trinajstić information content (AvgIpc) is 2.32. The lowest BCUT2D eigenvalue weighted by atomic mass is 9.66. The number of methoxy groups -OCH3 is 1. The highest BCUT2D eigenvalue weighted by molar-refractivity contribution is 5.84. The van der Waals surface area contributed by atoms with Crippen LogP contribution in [0.2, 0.25) is 0 Å². The molecular formula is C13H20O3. The molecule has 2 rings (SSSR count). The normalized spacial score (nSPS) is 33.6. The summed E-state index contributed by atoms with van der Waals surface area (Å²) in [5.41, 5.74) is 0. The van der Waals surface area contributed by atoms with E-state index in [9.17, 15) is 9.59 Å². The number of ketones is 1. The van der Waals surface area contributed by atoms with Crippen LogP contribution in [0, 0.1) is 17.8 Å². The lowest BCUT2D eigenvalue weighted by Gasteiger charge is -2.37. The lowest BCUT2D eigenvalue weighted by molar-refractivity contribution is -0.141. The van der Waals surface area contributed by atoms with E-state index >= 15 is 0 Å². The molecule has 0 aliphatic heterocycles. The first-order valence-corrected chi connectivity index (χ1v) is 6.31. The van der Waals surface area contributed by atoms with E-state index in [1.165, 1.54) is 20.0 Å². The standard InChI is InChI=1S/C13H20O3/c1-16-12(14)6-5-11-8-9-3-2-4-10(7-9)13(11)15/h9-11H,2-8H2,1H3. The Morgan fingerprint density at radius 3 is 2.94 bits per heavy atom. The Balaban J connectivity index is 1.89. The predicted octanol–water partition coefficient (Wildman–Crippen LogP) is 2.33. The summed E-state index contributed by atoms with van der Waals surface area (Å²) in [5.74, 6) is 1.39. The minimum atomic E-state index is -0.191. The van der Waals surface area contributed by atoms with Gasteiger partial charge in [0.15, 0.2) is 0 Å². The van der Waals surface area contributed by atoms with Crippen molar-refractivity contribution in [2.45, 2.75) is 44.9 Å². The van der Waals surface area contributed by atoms with Crippen LogP contribution in [0.4, 0.5) is 0 Å². The Bertz CT molecular complexity index is 285. The molecule has 0 radical (unpaired) electrons. The second-order valence-electron chi connectivity index (χ2n) is 5.18. The number of carbonyl (C=O) groups is 2. The zero-order valence-electron chi connectivity index (χ0n) is 9.91. The van der Waals surface area contributed by atoms with Crippen LogP contribution in [0.25, 0.3) is 0 Å². The average molecular weight is 224 g/mol. The van der Waals surface area contributed by atoms with Gasteiger partial charge in [-0.1, -0.05) is 12.8 Å². The minimum absolute atomic E-state index is 0.128. The molecule has 2 saturated carbocycles. The quantitative estimate of drug-likeness (QED) is 0.691. The molecule has 90 valence electrons. The summed E-state index contributed by atoms with van der Waals surface area (Å²) in [6.45, 7) is 0. The smallest absolute Gasteiger partial charge is 0.305 e. The highest BCUT2D eigenvalue weighted by atomic mass is 16.5. The van der Waals surface area contributed by atoms with Crippen molar-refractivity contribution in [2.24, 2.45) is 17.8 Å². The van der Waals surface area contributed by atoms with Gasteiger partial charge in [-0.15, -0.1) is 0 Å². The molecule has 16 heavy (non-hydrogen) atoms. The summed E-state index contributed by atoms with van der Waals surface area (Å²) >= 11 is 0. The maximum Gasteiger partial charge on any atom is 0.305 e. The molecule has 3 atom stereocenters. The van der Waals surface area contributed by atoms with Crippen LogP contribution in [0.1, 0.15) is 44.9 Å². The molecule has 3 unspecified atom stereocenters. The molecule has 2 fully saturated rings. The zero-order valence-corrected chi connectivity index (χ0v) is 9.91. The van der Waals surface area contributed by atoms with Crippen LogP contribution in [0.3, 0.4) is 0 Å². The second kappa shape index (κ2) is 4.98. The summed E-state index contributed by atoms with van der Waals surface area (Å²) in [6, 6.07) is 0. The van der Waals surface area contributed by atoms with E-state index < -0.39 is 0 Å². The SMILES string of the molecule is COC(=O)CCC1CC2CCCC(C2)C1=O. The predicted molar refractivity (Wildman–Crippen MR) is 59.8 cm³/mol. The summed E-state index contributed by atoms with van der Waals surface area (Å²) in [7, 11) is 1.40. The van der Waals surface area contributed by atoms with E-state index in [1.54, 1.807) is 0 Å². The van der Waals surface area contributed by atoms with Crippen molar-refractivity contribution in [2.75, 3.05) is 7.11 Å². The third-order valence-corrected chi connectivity index (χ3v) is 4.13. The van der Waals surface area contributed by atoms with Crippen LogP contribution in [0.15, 0.2) is 0 Å². The van der Waals surface area contributed by atoms with Crippen molar-refractivity contribution in [1.29, 1.82) is 0 Å². The van der Waals surface area contributed by atoms with Crippen LogP contribution < -0.4 is 0 Å². The third kappa shape index (κ3) is 2.45. The van der Waals surface area contributed by atoms with Gasteiger partial charge in [-0.2, -0.15) is 0 Å². The fourth-order valence-corrected chi connectivity index (χ4v) is 3.27. The van der Waals surface area contributed by atoms with E-state index in [0.29, 0.717) is 24.5 Å². The molecule has 0 aromatic rings. The molecule has 0 heterocycles. The van der Waals surface area contributed by atoms with Gasteiger partial charge in [-0.05, 0) is 31.6 Å². The number of esters is 1. The highest BCUT2D eigenvalue weighted by Gasteiger charge is 2.38. The molecule has 0 aromatic heterocycles. The van der Waals surface area contributed by atoms with E-state index in [2.05, 4.69) is 4.74 Å². The molecule has 0 amide bonds. The number of Topliss-reactive ketones (excluding diaryl/α,β-unsaturated/α-hetero) is 1. The Hall–Kier alpha value is -0.860. The number of carbonyl (C=O) groups excluding carboxylic acids is 2. The van der Waals surface area contributed by atoms with Gasteiger partial charge in [0, 0.05) is 18.3 Å². The number of ether oxygens (including phenoxy) is 1. The van der Waals surface area contributed by atoms with Gasteiger partial charge in [-0.3, -0.25) is 9.59 Å². The Labute approximate surface area is 96.5 Å². The third-order valence-electron chi connectivity index (χ3n) is 4.13. The Morgan fingerprint density at radius 1 is 1.38 bits per heavy atom. The first-order valence-electron chi connectivity index (χ1n) is 6.31. The van der Waals surface area contributed by atoms with Crippen molar-refractivity contribution in [3.05, 3.63) is 0 Å². The van der Waals surface area contributed by atoms with Gasteiger partial charge < -0.3 is 4.74 Å². The van der Waals surface area contributed by atoms with Crippen molar-refractivity contribution in [3.63, 3.8) is 0 Å². The molecular weight excluding hydrogens is 204 g/mol. The topological polar surface area (TPSA) is 43.4 Å². The molecule has 0 saturated heterocycles. The van der Waals surface area contributed by atoms with Gasteiger partial charge in [0.05, 0.1) is 7.11 Å². The molecule has 2 aliphatic rings. The Morgan fingerprint density at radius 2 is 2.19 bits per heavy atom. The molecule has 2 aliphatic carbocycles. The molecule has 3 heteroatoms. The number of hydrogen-bond donors (Lipinski definition) is 0. The van der Waals surface area contributed by atoms with Crippen LogP contribution >= 0.6 is 0 Å². The van der Waals surface area contributed by atoms with Crippen molar-refractivity contribution < 1.29 is 14.3 Å². The summed E-state index contributed by atoms with van der Waals surface area (Å²) < 4.78 is 4.62. The van der Waals surface area contributed by atoms with Crippen molar-refractivity contribution in [1.82, 2.24) is 0 Å². The molecule has 3 nitrogen and oxygen atoms in total. The van der Waals surface area contributed by atoms with Crippen LogP contribution in [0.5, 0.6) is 0 Å². The van der Waals surface area contributed by atoms with E-state index in [1.807, 2.05) is 0 Å². The second-order valence-corrected chi connectivity index (χ2v) is 5.18. The Kier molecular flexibility index (Phi) is 3.62. The van der Waals surface area contributed by atoms with Gasteiger partial charge in [0.25, 0.3) is 0 Å². The number of rotatable bonds is 3. The summed E-state index contributed by atoms with van der Waals surface area (Å²) in [6.07, 6.45) is 6.76. The van der Waals surface area contributed by atoms with Gasteiger partial charge in [0.1, 0.15) is 5.78 Å². The van der Waals surface area contributed by atoms with Crippen LogP contribution in [-0.2, 0) is 14.3 Å². The lowest BCUT2D eigenvalue weighted by Crippen LogP contribution is -2.36. The fraction of sp³-hybridized carbons (Fsp3) is 0.846. The van der Waals surface area contributed by atoms with Gasteiger partial charge >= 0.3 is 5.97 Å².